The molecule has 1 aromatic heterocycles. The molecule has 0 saturated carbocycles. The molecule has 30 heavy (non-hydrogen) atoms. The number of hydrogen-bond acceptors (Lipinski definition) is 4. The fraction of sp³-hybridized carbons (Fsp3) is 0.304. The van der Waals surface area contributed by atoms with Crippen molar-refractivity contribution in [2.24, 2.45) is 4.99 Å². The Morgan fingerprint density at radius 3 is 2.60 bits per heavy atom. The molecule has 2 aromatic carbocycles. The first-order valence-corrected chi connectivity index (χ1v) is 10.1. The Morgan fingerprint density at radius 2 is 1.87 bits per heavy atom. The van der Waals surface area contributed by atoms with Gasteiger partial charge in [0.2, 0.25) is 5.89 Å². The van der Waals surface area contributed by atoms with Gasteiger partial charge in [0.15, 0.2) is 5.96 Å². The molecule has 1 atom stereocenters. The largest absolute Gasteiger partial charge is 0.444 e. The Morgan fingerprint density at radius 1 is 1.13 bits per heavy atom. The minimum absolute atomic E-state index is 0. The minimum atomic E-state index is 0. The number of benzene rings is 2. The number of oxazole rings is 1. The highest BCUT2D eigenvalue weighted by molar-refractivity contribution is 14.0. The number of hydrogen-bond donors (Lipinski definition) is 2. The van der Waals surface area contributed by atoms with Gasteiger partial charge in [0.1, 0.15) is 6.26 Å². The van der Waals surface area contributed by atoms with Crippen LogP contribution in [0.25, 0.3) is 11.5 Å². The number of rotatable bonds is 5. The van der Waals surface area contributed by atoms with Crippen LogP contribution in [-0.4, -0.2) is 37.1 Å². The van der Waals surface area contributed by atoms with Crippen LogP contribution in [0, 0.1) is 0 Å². The maximum atomic E-state index is 5.61. The van der Waals surface area contributed by atoms with E-state index in [4.69, 9.17) is 4.42 Å². The summed E-state index contributed by atoms with van der Waals surface area (Å²) in [4.78, 5) is 11.4. The highest BCUT2D eigenvalue weighted by atomic mass is 127. The predicted octanol–water partition coefficient (Wildman–Crippen LogP) is 4.29. The molecular weight excluding hydrogens is 489 g/mol. The lowest BCUT2D eigenvalue weighted by Crippen LogP contribution is -2.51. The molecule has 0 radical (unpaired) electrons. The number of para-hydroxylation sites is 1. The van der Waals surface area contributed by atoms with Gasteiger partial charge in [-0.05, 0) is 37.1 Å². The van der Waals surface area contributed by atoms with Crippen molar-refractivity contribution in [3.05, 3.63) is 72.6 Å². The van der Waals surface area contributed by atoms with Gasteiger partial charge in [0.05, 0.1) is 12.2 Å². The van der Waals surface area contributed by atoms with Gasteiger partial charge in [-0.1, -0.05) is 36.4 Å². The number of guanidine groups is 1. The van der Waals surface area contributed by atoms with Gasteiger partial charge in [-0.2, -0.15) is 0 Å². The highest BCUT2D eigenvalue weighted by Gasteiger charge is 2.21. The quantitative estimate of drug-likeness (QED) is 0.300. The summed E-state index contributed by atoms with van der Waals surface area (Å²) < 4.78 is 5.61. The smallest absolute Gasteiger partial charge is 0.226 e. The van der Waals surface area contributed by atoms with Crippen LogP contribution in [0.5, 0.6) is 0 Å². The van der Waals surface area contributed by atoms with Gasteiger partial charge in [-0.15, -0.1) is 24.0 Å². The third-order valence-electron chi connectivity index (χ3n) is 5.12. The molecule has 3 aromatic rings. The van der Waals surface area contributed by atoms with E-state index in [1.54, 1.807) is 13.3 Å². The zero-order valence-corrected chi connectivity index (χ0v) is 19.5. The van der Waals surface area contributed by atoms with Crippen LogP contribution in [0.2, 0.25) is 0 Å². The Balaban J connectivity index is 0.00000256. The van der Waals surface area contributed by atoms with Crippen molar-refractivity contribution in [2.45, 2.75) is 25.4 Å². The van der Waals surface area contributed by atoms with Crippen LogP contribution in [0.1, 0.15) is 18.5 Å². The number of piperidine rings is 1. The third-order valence-corrected chi connectivity index (χ3v) is 5.12. The van der Waals surface area contributed by atoms with Gasteiger partial charge < -0.3 is 20.0 Å². The SMILES string of the molecule is CN=C(NCc1coc(-c2ccccc2)n1)NC1CCCN(c2ccccc2)C1.I. The molecule has 1 aliphatic rings. The number of anilines is 1. The Hall–Kier alpha value is -2.55. The molecule has 1 saturated heterocycles. The summed E-state index contributed by atoms with van der Waals surface area (Å²) in [7, 11) is 1.80. The fourth-order valence-corrected chi connectivity index (χ4v) is 3.63. The lowest BCUT2D eigenvalue weighted by molar-refractivity contribution is 0.468. The zero-order chi connectivity index (χ0) is 19.9. The van der Waals surface area contributed by atoms with Crippen LogP contribution in [0.3, 0.4) is 0 Å². The zero-order valence-electron chi connectivity index (χ0n) is 17.1. The van der Waals surface area contributed by atoms with Gasteiger partial charge in [-0.3, -0.25) is 4.99 Å². The first kappa shape index (κ1) is 22.1. The monoisotopic (exact) mass is 517 g/mol. The van der Waals surface area contributed by atoms with E-state index in [0.717, 1.165) is 43.1 Å². The van der Waals surface area contributed by atoms with Crippen molar-refractivity contribution in [1.82, 2.24) is 15.6 Å². The van der Waals surface area contributed by atoms with Crippen LogP contribution in [-0.2, 0) is 6.54 Å². The average molecular weight is 517 g/mol. The first-order valence-electron chi connectivity index (χ1n) is 10.1. The number of halogens is 1. The Labute approximate surface area is 194 Å². The lowest BCUT2D eigenvalue weighted by atomic mass is 10.1. The molecular formula is C23H28IN5O. The number of aromatic nitrogens is 1. The maximum Gasteiger partial charge on any atom is 0.226 e. The van der Waals surface area contributed by atoms with Gasteiger partial charge >= 0.3 is 0 Å². The maximum absolute atomic E-state index is 5.61. The van der Waals surface area contributed by atoms with E-state index in [1.165, 1.54) is 5.69 Å². The molecule has 0 aliphatic carbocycles. The summed E-state index contributed by atoms with van der Waals surface area (Å²) in [5.74, 6) is 1.42. The van der Waals surface area contributed by atoms with E-state index in [2.05, 4.69) is 55.8 Å². The van der Waals surface area contributed by atoms with Gasteiger partial charge in [0, 0.05) is 37.4 Å². The number of nitrogens with zero attached hydrogens (tertiary/aromatic N) is 3. The van der Waals surface area contributed by atoms with Crippen molar-refractivity contribution in [1.29, 1.82) is 0 Å². The van der Waals surface area contributed by atoms with E-state index < -0.39 is 0 Å². The molecule has 0 spiro atoms. The normalized spacial score (nSPS) is 16.6. The third kappa shape index (κ3) is 5.75. The van der Waals surface area contributed by atoms with Crippen LogP contribution >= 0.6 is 24.0 Å². The van der Waals surface area contributed by atoms with E-state index in [-0.39, 0.29) is 24.0 Å². The summed E-state index contributed by atoms with van der Waals surface area (Å²) in [5.41, 5.74) is 3.10. The van der Waals surface area contributed by atoms with Crippen molar-refractivity contribution >= 4 is 35.6 Å². The van der Waals surface area contributed by atoms with E-state index in [0.29, 0.717) is 18.5 Å². The summed E-state index contributed by atoms with van der Waals surface area (Å²) in [6.45, 7) is 2.62. The van der Waals surface area contributed by atoms with Crippen molar-refractivity contribution < 1.29 is 4.42 Å². The average Bonchev–Trinajstić information content (AvgIpc) is 3.27. The minimum Gasteiger partial charge on any atom is -0.444 e. The molecule has 2 heterocycles. The summed E-state index contributed by atoms with van der Waals surface area (Å²) >= 11 is 0. The Kier molecular flexibility index (Phi) is 8.12. The fourth-order valence-electron chi connectivity index (χ4n) is 3.63. The molecule has 2 N–H and O–H groups in total. The van der Waals surface area contributed by atoms with Crippen molar-refractivity contribution in [3.63, 3.8) is 0 Å². The molecule has 7 heteroatoms. The molecule has 158 valence electrons. The highest BCUT2D eigenvalue weighted by Crippen LogP contribution is 2.20. The molecule has 4 rings (SSSR count). The Bertz CT molecular complexity index is 929. The molecule has 1 aliphatic heterocycles. The van der Waals surface area contributed by atoms with E-state index in [1.807, 2.05) is 30.3 Å². The molecule has 0 bridgehead atoms. The second-order valence-electron chi connectivity index (χ2n) is 7.20. The lowest BCUT2D eigenvalue weighted by Gasteiger charge is -2.35. The number of aliphatic imine (C=N–C) groups is 1. The standard InChI is InChI=1S/C23H27N5O.HI/c1-24-23(25-15-20-17-29-22(26-20)18-9-4-2-5-10-18)27-19-11-8-14-28(16-19)21-12-6-3-7-13-21;/h2-7,9-10,12-13,17,19H,8,11,14-16H2,1H3,(H2,24,25,27);1H. The second-order valence-corrected chi connectivity index (χ2v) is 7.20. The van der Waals surface area contributed by atoms with Gasteiger partial charge in [-0.25, -0.2) is 4.98 Å². The van der Waals surface area contributed by atoms with Crippen molar-refractivity contribution in [3.8, 4) is 11.5 Å². The molecule has 1 fully saturated rings. The number of nitrogens with one attached hydrogen (secondary N) is 2. The van der Waals surface area contributed by atoms with Crippen LogP contribution < -0.4 is 15.5 Å². The second kappa shape index (κ2) is 11.0. The van der Waals surface area contributed by atoms with Crippen LogP contribution in [0.4, 0.5) is 5.69 Å². The van der Waals surface area contributed by atoms with E-state index in [9.17, 15) is 0 Å². The first-order chi connectivity index (χ1) is 14.3. The topological polar surface area (TPSA) is 65.7 Å². The molecule has 0 amide bonds. The van der Waals surface area contributed by atoms with Gasteiger partial charge in [0.25, 0.3) is 0 Å². The summed E-state index contributed by atoms with van der Waals surface area (Å²) in [5, 5.41) is 6.90. The summed E-state index contributed by atoms with van der Waals surface area (Å²) in [6.07, 6.45) is 3.99. The molecule has 6 nitrogen and oxygen atoms in total. The summed E-state index contributed by atoms with van der Waals surface area (Å²) in [6, 6.07) is 20.9. The van der Waals surface area contributed by atoms with Crippen LogP contribution in [0.15, 0.2) is 76.3 Å². The van der Waals surface area contributed by atoms with Crippen molar-refractivity contribution in [2.75, 3.05) is 25.0 Å². The molecule has 1 unspecified atom stereocenters. The van der Waals surface area contributed by atoms with E-state index >= 15 is 0 Å². The predicted molar refractivity (Wildman–Crippen MR) is 132 cm³/mol.